The van der Waals surface area contributed by atoms with Crippen molar-refractivity contribution in [3.05, 3.63) is 34.6 Å². The second kappa shape index (κ2) is 6.68. The predicted octanol–water partition coefficient (Wildman–Crippen LogP) is 3.03. The Morgan fingerprint density at radius 2 is 2.05 bits per heavy atom. The highest BCUT2D eigenvalue weighted by molar-refractivity contribution is 7.85. The molecule has 0 fully saturated rings. The van der Waals surface area contributed by atoms with Crippen molar-refractivity contribution >= 4 is 28.3 Å². The minimum Gasteiger partial charge on any atom is -0.350 e. The Balaban J connectivity index is 2.79. The molecule has 0 saturated heterocycles. The zero-order chi connectivity index (χ0) is 15.5. The molecule has 3 nitrogen and oxygen atoms in total. The fourth-order valence-corrected chi connectivity index (χ4v) is 2.96. The van der Waals surface area contributed by atoms with Gasteiger partial charge in [0.2, 0.25) is 5.91 Å². The van der Waals surface area contributed by atoms with E-state index in [1.165, 1.54) is 18.2 Å². The largest absolute Gasteiger partial charge is 0.350 e. The SMILES string of the molecule is CC(C(=O)NC(C)(C)C)S(=O)Cc1c(F)cccc1Cl. The van der Waals surface area contributed by atoms with Crippen molar-refractivity contribution < 1.29 is 13.4 Å². The standard InChI is InChI=1S/C14H19ClFNO2S/c1-9(13(18)17-14(2,3)4)20(19)8-10-11(15)6-5-7-12(10)16/h5-7,9H,8H2,1-4H3,(H,17,18). The summed E-state index contributed by atoms with van der Waals surface area (Å²) in [6.45, 7) is 7.09. The van der Waals surface area contributed by atoms with Gasteiger partial charge in [0.25, 0.3) is 0 Å². The van der Waals surface area contributed by atoms with Crippen molar-refractivity contribution in [3.63, 3.8) is 0 Å². The van der Waals surface area contributed by atoms with Crippen LogP contribution >= 0.6 is 11.6 Å². The second-order valence-corrected chi connectivity index (χ2v) is 7.77. The van der Waals surface area contributed by atoms with Crippen LogP contribution in [0.1, 0.15) is 33.3 Å². The highest BCUT2D eigenvalue weighted by Crippen LogP contribution is 2.21. The first kappa shape index (κ1) is 17.1. The summed E-state index contributed by atoms with van der Waals surface area (Å²) in [5, 5.41) is 2.25. The molecule has 20 heavy (non-hydrogen) atoms. The van der Waals surface area contributed by atoms with Gasteiger partial charge in [0.1, 0.15) is 11.1 Å². The smallest absolute Gasteiger partial charge is 0.235 e. The van der Waals surface area contributed by atoms with Gasteiger partial charge in [-0.3, -0.25) is 9.00 Å². The lowest BCUT2D eigenvalue weighted by atomic mass is 10.1. The molecule has 0 radical (unpaired) electrons. The third-order valence-corrected chi connectivity index (χ3v) is 4.54. The van der Waals surface area contributed by atoms with Gasteiger partial charge in [-0.05, 0) is 39.8 Å². The number of halogens is 2. The summed E-state index contributed by atoms with van der Waals surface area (Å²) in [5.74, 6) is -0.901. The molecule has 0 spiro atoms. The molecule has 0 aliphatic carbocycles. The van der Waals surface area contributed by atoms with E-state index in [2.05, 4.69) is 5.32 Å². The molecule has 2 atom stereocenters. The van der Waals surface area contributed by atoms with E-state index in [0.717, 1.165) is 0 Å². The van der Waals surface area contributed by atoms with Crippen LogP contribution in [0.2, 0.25) is 5.02 Å². The molecule has 1 rings (SSSR count). The quantitative estimate of drug-likeness (QED) is 0.927. The molecule has 0 bridgehead atoms. The predicted molar refractivity (Wildman–Crippen MR) is 80.6 cm³/mol. The Labute approximate surface area is 126 Å². The van der Waals surface area contributed by atoms with E-state index < -0.39 is 27.4 Å². The first-order chi connectivity index (χ1) is 9.11. The molecule has 0 heterocycles. The van der Waals surface area contributed by atoms with Gasteiger partial charge >= 0.3 is 0 Å². The van der Waals surface area contributed by atoms with Crippen LogP contribution in [-0.2, 0) is 21.3 Å². The molecule has 1 N–H and O–H groups in total. The molecule has 112 valence electrons. The van der Waals surface area contributed by atoms with E-state index in [-0.39, 0.29) is 22.2 Å². The Morgan fingerprint density at radius 3 is 2.55 bits per heavy atom. The maximum atomic E-state index is 13.6. The lowest BCUT2D eigenvalue weighted by Gasteiger charge is -2.23. The lowest BCUT2D eigenvalue weighted by molar-refractivity contribution is -0.121. The van der Waals surface area contributed by atoms with Gasteiger partial charge in [-0.15, -0.1) is 0 Å². The number of hydrogen-bond donors (Lipinski definition) is 1. The summed E-state index contributed by atoms with van der Waals surface area (Å²) in [6, 6.07) is 4.29. The normalized spacial score (nSPS) is 14.7. The van der Waals surface area contributed by atoms with Gasteiger partial charge in [-0.25, -0.2) is 4.39 Å². The molecule has 0 aliphatic heterocycles. The summed E-state index contributed by atoms with van der Waals surface area (Å²) in [7, 11) is -1.54. The van der Waals surface area contributed by atoms with Gasteiger partial charge in [-0.2, -0.15) is 0 Å². The second-order valence-electron chi connectivity index (χ2n) is 5.61. The first-order valence-electron chi connectivity index (χ1n) is 6.24. The monoisotopic (exact) mass is 319 g/mol. The fourth-order valence-electron chi connectivity index (χ4n) is 1.53. The Morgan fingerprint density at radius 1 is 1.45 bits per heavy atom. The van der Waals surface area contributed by atoms with E-state index in [1.54, 1.807) is 6.92 Å². The van der Waals surface area contributed by atoms with Gasteiger partial charge in [0, 0.05) is 26.9 Å². The number of carbonyl (C=O) groups excluding carboxylic acids is 1. The Hall–Kier alpha value is -0.940. The minimum absolute atomic E-state index is 0.0791. The molecule has 6 heteroatoms. The molecular formula is C14H19ClFNO2S. The molecule has 2 unspecified atom stereocenters. The van der Waals surface area contributed by atoms with Gasteiger partial charge in [0.05, 0.1) is 5.75 Å². The fraction of sp³-hybridized carbons (Fsp3) is 0.500. The van der Waals surface area contributed by atoms with Crippen LogP contribution in [0.4, 0.5) is 4.39 Å². The Bertz CT molecular complexity index is 508. The van der Waals surface area contributed by atoms with Gasteiger partial charge in [-0.1, -0.05) is 17.7 Å². The van der Waals surface area contributed by atoms with E-state index in [9.17, 15) is 13.4 Å². The highest BCUT2D eigenvalue weighted by Gasteiger charge is 2.25. The van der Waals surface area contributed by atoms with Crippen LogP contribution in [-0.4, -0.2) is 20.9 Å². The summed E-state index contributed by atoms with van der Waals surface area (Å²) in [4.78, 5) is 11.9. The third kappa shape index (κ3) is 4.87. The average Bonchev–Trinajstić information content (AvgIpc) is 2.30. The molecule has 0 aliphatic rings. The van der Waals surface area contributed by atoms with Gasteiger partial charge in [0.15, 0.2) is 0 Å². The van der Waals surface area contributed by atoms with Crippen molar-refractivity contribution in [2.24, 2.45) is 0 Å². The van der Waals surface area contributed by atoms with Crippen LogP contribution in [0.25, 0.3) is 0 Å². The van der Waals surface area contributed by atoms with E-state index in [0.29, 0.717) is 0 Å². The van der Waals surface area contributed by atoms with Crippen LogP contribution in [0.3, 0.4) is 0 Å². The average molecular weight is 320 g/mol. The first-order valence-corrected chi connectivity index (χ1v) is 8.00. The summed E-state index contributed by atoms with van der Waals surface area (Å²) < 4.78 is 25.8. The highest BCUT2D eigenvalue weighted by atomic mass is 35.5. The van der Waals surface area contributed by atoms with Crippen LogP contribution < -0.4 is 5.32 Å². The third-order valence-electron chi connectivity index (χ3n) is 2.61. The number of rotatable bonds is 4. The Kier molecular flexibility index (Phi) is 5.71. The number of benzene rings is 1. The number of amides is 1. The molecule has 1 aromatic carbocycles. The van der Waals surface area contributed by atoms with E-state index in [4.69, 9.17) is 11.6 Å². The van der Waals surface area contributed by atoms with Crippen molar-refractivity contribution in [1.29, 1.82) is 0 Å². The maximum absolute atomic E-state index is 13.6. The summed E-state index contributed by atoms with van der Waals surface area (Å²) in [5.41, 5.74) is -0.214. The summed E-state index contributed by atoms with van der Waals surface area (Å²) in [6.07, 6.45) is 0. The topological polar surface area (TPSA) is 46.2 Å². The van der Waals surface area contributed by atoms with E-state index in [1.807, 2.05) is 20.8 Å². The lowest BCUT2D eigenvalue weighted by Crippen LogP contribution is -2.46. The molecular weight excluding hydrogens is 301 g/mol. The van der Waals surface area contributed by atoms with Crippen LogP contribution in [0, 0.1) is 5.82 Å². The summed E-state index contributed by atoms with van der Waals surface area (Å²) >= 11 is 5.89. The molecule has 1 amide bonds. The van der Waals surface area contributed by atoms with E-state index >= 15 is 0 Å². The molecule has 1 aromatic rings. The zero-order valence-electron chi connectivity index (χ0n) is 12.0. The van der Waals surface area contributed by atoms with Crippen molar-refractivity contribution in [1.82, 2.24) is 5.32 Å². The number of nitrogens with one attached hydrogen (secondary N) is 1. The van der Waals surface area contributed by atoms with Crippen molar-refractivity contribution in [3.8, 4) is 0 Å². The minimum atomic E-state index is -1.54. The van der Waals surface area contributed by atoms with Crippen LogP contribution in [0.15, 0.2) is 18.2 Å². The van der Waals surface area contributed by atoms with Crippen molar-refractivity contribution in [2.45, 2.75) is 44.2 Å². The zero-order valence-corrected chi connectivity index (χ0v) is 13.6. The van der Waals surface area contributed by atoms with Crippen molar-refractivity contribution in [2.75, 3.05) is 0 Å². The molecule has 0 aromatic heterocycles. The van der Waals surface area contributed by atoms with Gasteiger partial charge < -0.3 is 5.32 Å². The number of hydrogen-bond acceptors (Lipinski definition) is 2. The molecule has 0 saturated carbocycles. The number of carbonyl (C=O) groups is 1. The maximum Gasteiger partial charge on any atom is 0.235 e. The van der Waals surface area contributed by atoms with Crippen LogP contribution in [0.5, 0.6) is 0 Å².